The number of terminal acetylenes is 1. The van der Waals surface area contributed by atoms with Crippen LogP contribution in [-0.4, -0.2) is 5.97 Å². The summed E-state index contributed by atoms with van der Waals surface area (Å²) >= 11 is 0. The van der Waals surface area contributed by atoms with Crippen LogP contribution in [0.4, 0.5) is 4.39 Å². The fraction of sp³-hybridized carbons (Fsp3) is 0.421. The second kappa shape index (κ2) is 5.96. The van der Waals surface area contributed by atoms with Crippen molar-refractivity contribution in [2.24, 2.45) is 17.3 Å². The van der Waals surface area contributed by atoms with Crippen molar-refractivity contribution in [2.75, 3.05) is 0 Å². The average Bonchev–Trinajstić information content (AvgIpc) is 2.96. The number of rotatable bonds is 4. The normalized spacial score (nSPS) is 23.1. The van der Waals surface area contributed by atoms with Gasteiger partial charge in [-0.15, -0.1) is 6.42 Å². The molecule has 0 saturated heterocycles. The number of esters is 1. The van der Waals surface area contributed by atoms with Gasteiger partial charge in [0.15, 0.2) is 6.10 Å². The molecule has 0 bridgehead atoms. The van der Waals surface area contributed by atoms with Gasteiger partial charge < -0.3 is 4.74 Å². The number of ether oxygens (including phenoxy) is 1. The Morgan fingerprint density at radius 3 is 2.68 bits per heavy atom. The van der Waals surface area contributed by atoms with Gasteiger partial charge in [-0.05, 0) is 37.3 Å². The predicted molar refractivity (Wildman–Crippen MR) is 84.3 cm³/mol. The molecule has 0 radical (unpaired) electrons. The second-order valence-corrected chi connectivity index (χ2v) is 6.61. The molecule has 0 aliphatic heterocycles. The number of hydrogen-bond donors (Lipinski definition) is 0. The van der Waals surface area contributed by atoms with E-state index in [1.165, 1.54) is 17.7 Å². The van der Waals surface area contributed by atoms with E-state index in [2.05, 4.69) is 12.0 Å². The first-order valence-electron chi connectivity index (χ1n) is 7.34. The summed E-state index contributed by atoms with van der Waals surface area (Å²) in [6, 6.07) is 5.83. The van der Waals surface area contributed by atoms with Gasteiger partial charge in [0, 0.05) is 5.56 Å². The lowest BCUT2D eigenvalue weighted by Gasteiger charge is -2.13. The van der Waals surface area contributed by atoms with Crippen molar-refractivity contribution in [3.8, 4) is 12.3 Å². The summed E-state index contributed by atoms with van der Waals surface area (Å²) in [4.78, 5) is 12.4. The van der Waals surface area contributed by atoms with Crippen LogP contribution in [0.2, 0.25) is 0 Å². The van der Waals surface area contributed by atoms with E-state index in [1.807, 2.05) is 27.7 Å². The van der Waals surface area contributed by atoms with Gasteiger partial charge in [-0.25, -0.2) is 4.39 Å². The third kappa shape index (κ3) is 3.22. The van der Waals surface area contributed by atoms with Crippen LogP contribution in [0.5, 0.6) is 0 Å². The van der Waals surface area contributed by atoms with E-state index in [0.717, 1.165) is 0 Å². The second-order valence-electron chi connectivity index (χ2n) is 6.61. The van der Waals surface area contributed by atoms with Crippen molar-refractivity contribution >= 4 is 5.97 Å². The first-order chi connectivity index (χ1) is 10.3. The smallest absolute Gasteiger partial charge is 0.311 e. The fourth-order valence-corrected chi connectivity index (χ4v) is 2.86. The van der Waals surface area contributed by atoms with Gasteiger partial charge in [0.05, 0.1) is 5.92 Å². The van der Waals surface area contributed by atoms with Crippen molar-refractivity contribution in [3.63, 3.8) is 0 Å². The molecule has 0 heterocycles. The molecule has 1 aliphatic rings. The average molecular weight is 300 g/mol. The van der Waals surface area contributed by atoms with Crippen LogP contribution in [-0.2, 0) is 9.53 Å². The standard InChI is InChI=1S/C19H21FO2/c1-6-16(13-8-7-9-14(20)11-13)22-18(21)17-15(10-12(2)3)19(17,4)5/h1,7-11,15-17H,2-5H3. The number of benzene rings is 1. The van der Waals surface area contributed by atoms with E-state index < -0.39 is 11.9 Å². The summed E-state index contributed by atoms with van der Waals surface area (Å²) in [7, 11) is 0. The Hall–Kier alpha value is -2.08. The van der Waals surface area contributed by atoms with Crippen LogP contribution in [0.3, 0.4) is 0 Å². The molecule has 1 fully saturated rings. The zero-order valence-electron chi connectivity index (χ0n) is 13.4. The lowest BCUT2D eigenvalue weighted by molar-refractivity contribution is -0.149. The van der Waals surface area contributed by atoms with E-state index in [4.69, 9.17) is 11.2 Å². The van der Waals surface area contributed by atoms with Crippen molar-refractivity contribution < 1.29 is 13.9 Å². The molecule has 3 atom stereocenters. The Kier molecular flexibility index (Phi) is 4.42. The molecule has 0 spiro atoms. The van der Waals surface area contributed by atoms with Crippen LogP contribution < -0.4 is 0 Å². The SMILES string of the molecule is C#CC(OC(=O)C1C(C=C(C)C)C1(C)C)c1cccc(F)c1. The fourth-order valence-electron chi connectivity index (χ4n) is 2.86. The van der Waals surface area contributed by atoms with Crippen LogP contribution in [0.25, 0.3) is 0 Å². The van der Waals surface area contributed by atoms with Gasteiger partial charge >= 0.3 is 5.97 Å². The third-order valence-corrected chi connectivity index (χ3v) is 4.21. The number of allylic oxidation sites excluding steroid dienone is 2. The number of carbonyl (C=O) groups excluding carboxylic acids is 1. The highest BCUT2D eigenvalue weighted by Gasteiger charge is 2.61. The maximum Gasteiger partial charge on any atom is 0.311 e. The zero-order valence-corrected chi connectivity index (χ0v) is 13.4. The number of carbonyl (C=O) groups is 1. The quantitative estimate of drug-likeness (QED) is 0.471. The molecule has 2 rings (SSSR count). The van der Waals surface area contributed by atoms with Gasteiger partial charge in [-0.1, -0.05) is 43.5 Å². The van der Waals surface area contributed by atoms with Crippen LogP contribution in [0.1, 0.15) is 39.4 Å². The largest absolute Gasteiger partial charge is 0.444 e. The summed E-state index contributed by atoms with van der Waals surface area (Å²) in [5.74, 6) is 1.66. The topological polar surface area (TPSA) is 26.3 Å². The molecule has 2 nitrogen and oxygen atoms in total. The van der Waals surface area contributed by atoms with Gasteiger partial charge in [0.2, 0.25) is 0 Å². The predicted octanol–water partition coefficient (Wildman–Crippen LogP) is 4.28. The molecule has 1 aromatic rings. The van der Waals surface area contributed by atoms with Crippen molar-refractivity contribution in [1.29, 1.82) is 0 Å². The summed E-state index contributed by atoms with van der Waals surface area (Å²) in [5, 5.41) is 0. The molecule has 0 amide bonds. The van der Waals surface area contributed by atoms with E-state index in [-0.39, 0.29) is 23.2 Å². The zero-order chi connectivity index (χ0) is 16.5. The minimum absolute atomic E-state index is 0.130. The molecule has 0 N–H and O–H groups in total. The van der Waals surface area contributed by atoms with Crippen molar-refractivity contribution in [3.05, 3.63) is 47.3 Å². The van der Waals surface area contributed by atoms with Crippen LogP contribution in [0.15, 0.2) is 35.9 Å². The molecule has 1 saturated carbocycles. The highest BCUT2D eigenvalue weighted by molar-refractivity contribution is 5.78. The van der Waals surface area contributed by atoms with Gasteiger partial charge in [0.25, 0.3) is 0 Å². The Bertz CT molecular complexity index is 648. The Labute approximate surface area is 131 Å². The minimum Gasteiger partial charge on any atom is -0.444 e. The summed E-state index contributed by atoms with van der Waals surface area (Å²) in [6.45, 7) is 8.09. The molecule has 116 valence electrons. The number of hydrogen-bond acceptors (Lipinski definition) is 2. The molecule has 0 aromatic heterocycles. The Morgan fingerprint density at radius 1 is 1.45 bits per heavy atom. The van der Waals surface area contributed by atoms with Gasteiger partial charge in [-0.3, -0.25) is 4.79 Å². The van der Waals surface area contributed by atoms with Crippen LogP contribution in [0, 0.1) is 35.4 Å². The van der Waals surface area contributed by atoms with E-state index in [1.54, 1.807) is 12.1 Å². The monoisotopic (exact) mass is 300 g/mol. The van der Waals surface area contributed by atoms with Crippen molar-refractivity contribution in [1.82, 2.24) is 0 Å². The molecular formula is C19H21FO2. The van der Waals surface area contributed by atoms with Crippen LogP contribution >= 0.6 is 0 Å². The van der Waals surface area contributed by atoms with E-state index >= 15 is 0 Å². The molecule has 1 aliphatic carbocycles. The van der Waals surface area contributed by atoms with Gasteiger partial charge in [0.1, 0.15) is 5.82 Å². The Balaban J connectivity index is 2.12. The van der Waals surface area contributed by atoms with Crippen molar-refractivity contribution in [2.45, 2.75) is 33.8 Å². The number of halogens is 1. The molecule has 1 aromatic carbocycles. The van der Waals surface area contributed by atoms with E-state index in [0.29, 0.717) is 5.56 Å². The summed E-state index contributed by atoms with van der Waals surface area (Å²) in [5.41, 5.74) is 1.52. The summed E-state index contributed by atoms with van der Waals surface area (Å²) < 4.78 is 18.7. The van der Waals surface area contributed by atoms with E-state index in [9.17, 15) is 9.18 Å². The highest BCUT2D eigenvalue weighted by atomic mass is 19.1. The highest BCUT2D eigenvalue weighted by Crippen LogP contribution is 2.60. The lowest BCUT2D eigenvalue weighted by Crippen LogP contribution is -2.14. The first-order valence-corrected chi connectivity index (χ1v) is 7.34. The Morgan fingerprint density at radius 2 is 2.14 bits per heavy atom. The third-order valence-electron chi connectivity index (χ3n) is 4.21. The molecule has 3 unspecified atom stereocenters. The van der Waals surface area contributed by atoms with Gasteiger partial charge in [-0.2, -0.15) is 0 Å². The molecular weight excluding hydrogens is 279 g/mol. The maximum absolute atomic E-state index is 13.3. The first kappa shape index (κ1) is 16.3. The molecule has 3 heteroatoms. The molecule has 22 heavy (non-hydrogen) atoms. The summed E-state index contributed by atoms with van der Waals surface area (Å²) in [6.07, 6.45) is 6.69. The minimum atomic E-state index is -0.855. The lowest BCUT2D eigenvalue weighted by atomic mass is 10.1. The maximum atomic E-state index is 13.3.